The summed E-state index contributed by atoms with van der Waals surface area (Å²) in [6.45, 7) is 1.69. The maximum Gasteiger partial charge on any atom is 0.263 e. The van der Waals surface area contributed by atoms with Crippen molar-refractivity contribution >= 4 is 27.2 Å². The summed E-state index contributed by atoms with van der Waals surface area (Å²) in [4.78, 5) is 4.25. The van der Waals surface area contributed by atoms with Crippen molar-refractivity contribution in [3.63, 3.8) is 0 Å². The van der Waals surface area contributed by atoms with Gasteiger partial charge in [-0.3, -0.25) is 4.72 Å². The molecule has 27 heavy (non-hydrogen) atoms. The number of ether oxygens (including phenoxy) is 1. The third-order valence-corrected chi connectivity index (χ3v) is 5.30. The molecule has 0 unspecified atom stereocenters. The van der Waals surface area contributed by atoms with Crippen molar-refractivity contribution in [3.8, 4) is 5.75 Å². The summed E-state index contributed by atoms with van der Waals surface area (Å²) in [7, 11) is -2.27. The van der Waals surface area contributed by atoms with Crippen LogP contribution in [0.2, 0.25) is 0 Å². The molecule has 6 nitrogen and oxygen atoms in total. The molecule has 0 saturated carbocycles. The molecule has 140 valence electrons. The highest BCUT2D eigenvalue weighted by Crippen LogP contribution is 2.23. The summed E-state index contributed by atoms with van der Waals surface area (Å²) in [6, 6.07) is 13.9. The van der Waals surface area contributed by atoms with E-state index in [-0.39, 0.29) is 16.5 Å². The molecule has 0 fully saturated rings. The first-order valence-corrected chi connectivity index (χ1v) is 9.52. The molecule has 0 amide bonds. The molecule has 0 aliphatic heterocycles. The molecule has 0 bridgehead atoms. The molecule has 1 aromatic heterocycles. The fourth-order valence-corrected chi connectivity index (χ4v) is 3.74. The van der Waals surface area contributed by atoms with Gasteiger partial charge in [-0.15, -0.1) is 0 Å². The standard InChI is InChI=1S/C19H18FN3O3S/c1-13-10-17(26-2)7-8-18(13)27(24,25)23-19-9-6-16(12-21-19)22-15-5-3-4-14(20)11-15/h3-12,22H,1-2H3,(H,21,23). The van der Waals surface area contributed by atoms with E-state index in [0.717, 1.165) is 0 Å². The zero-order chi connectivity index (χ0) is 19.4. The monoisotopic (exact) mass is 387 g/mol. The molecule has 0 saturated heterocycles. The summed E-state index contributed by atoms with van der Waals surface area (Å²) in [6.07, 6.45) is 1.46. The van der Waals surface area contributed by atoms with Crippen molar-refractivity contribution in [1.82, 2.24) is 4.98 Å². The van der Waals surface area contributed by atoms with Crippen molar-refractivity contribution in [1.29, 1.82) is 0 Å². The van der Waals surface area contributed by atoms with E-state index < -0.39 is 10.0 Å². The van der Waals surface area contributed by atoms with Crippen LogP contribution in [0, 0.1) is 12.7 Å². The third-order valence-electron chi connectivity index (χ3n) is 3.79. The Kier molecular flexibility index (Phi) is 5.27. The Labute approximate surface area is 157 Å². The normalized spacial score (nSPS) is 11.1. The van der Waals surface area contributed by atoms with Gasteiger partial charge in [0.25, 0.3) is 10.0 Å². The Morgan fingerprint density at radius 1 is 1.04 bits per heavy atom. The number of nitrogens with zero attached hydrogens (tertiary/aromatic N) is 1. The van der Waals surface area contributed by atoms with Gasteiger partial charge >= 0.3 is 0 Å². The Hall–Kier alpha value is -3.13. The minimum atomic E-state index is -3.78. The molecule has 3 aromatic rings. The number of aromatic nitrogens is 1. The van der Waals surface area contributed by atoms with Crippen LogP contribution in [0.5, 0.6) is 5.75 Å². The number of pyridine rings is 1. The topological polar surface area (TPSA) is 80.3 Å². The second-order valence-electron chi connectivity index (χ2n) is 5.80. The van der Waals surface area contributed by atoms with Crippen molar-refractivity contribution in [3.05, 3.63) is 72.2 Å². The largest absolute Gasteiger partial charge is 0.497 e. The highest BCUT2D eigenvalue weighted by atomic mass is 32.2. The lowest BCUT2D eigenvalue weighted by molar-refractivity contribution is 0.414. The first-order valence-electron chi connectivity index (χ1n) is 8.03. The summed E-state index contributed by atoms with van der Waals surface area (Å²) >= 11 is 0. The molecule has 3 rings (SSSR count). The number of hydrogen-bond donors (Lipinski definition) is 2. The minimum Gasteiger partial charge on any atom is -0.497 e. The molecule has 1 heterocycles. The number of halogens is 1. The Bertz CT molecular complexity index is 1050. The average molecular weight is 387 g/mol. The van der Waals surface area contributed by atoms with Crippen molar-refractivity contribution < 1.29 is 17.5 Å². The van der Waals surface area contributed by atoms with Crippen LogP contribution in [0.3, 0.4) is 0 Å². The Morgan fingerprint density at radius 2 is 1.85 bits per heavy atom. The second-order valence-corrected chi connectivity index (χ2v) is 7.46. The van der Waals surface area contributed by atoms with E-state index in [1.54, 1.807) is 37.3 Å². The van der Waals surface area contributed by atoms with Gasteiger partial charge < -0.3 is 10.1 Å². The molecule has 2 aromatic carbocycles. The first-order chi connectivity index (χ1) is 12.9. The SMILES string of the molecule is COc1ccc(S(=O)(=O)Nc2ccc(Nc3cccc(F)c3)cn2)c(C)c1. The van der Waals surface area contributed by atoms with Crippen molar-refractivity contribution in [2.75, 3.05) is 17.1 Å². The van der Waals surface area contributed by atoms with Crippen LogP contribution in [0.1, 0.15) is 5.56 Å². The number of methoxy groups -OCH3 is 1. The Morgan fingerprint density at radius 3 is 2.48 bits per heavy atom. The van der Waals surface area contributed by atoms with Gasteiger partial charge in [0.2, 0.25) is 0 Å². The van der Waals surface area contributed by atoms with Crippen LogP contribution < -0.4 is 14.8 Å². The molecule has 0 radical (unpaired) electrons. The number of aryl methyl sites for hydroxylation is 1. The number of sulfonamides is 1. The van der Waals surface area contributed by atoms with E-state index in [1.165, 1.54) is 37.6 Å². The number of benzene rings is 2. The van der Waals surface area contributed by atoms with Gasteiger partial charge in [0.1, 0.15) is 17.4 Å². The van der Waals surface area contributed by atoms with E-state index in [9.17, 15) is 12.8 Å². The van der Waals surface area contributed by atoms with E-state index in [0.29, 0.717) is 22.7 Å². The lowest BCUT2D eigenvalue weighted by atomic mass is 10.2. The summed E-state index contributed by atoms with van der Waals surface area (Å²) in [5.41, 5.74) is 1.73. The molecular weight excluding hydrogens is 369 g/mol. The van der Waals surface area contributed by atoms with Crippen LogP contribution >= 0.6 is 0 Å². The zero-order valence-electron chi connectivity index (χ0n) is 14.7. The molecule has 0 aliphatic carbocycles. The molecule has 0 spiro atoms. The number of hydrogen-bond acceptors (Lipinski definition) is 5. The molecule has 0 aliphatic rings. The summed E-state index contributed by atoms with van der Waals surface area (Å²) in [5, 5.41) is 2.99. The third kappa shape index (κ3) is 4.53. The number of rotatable bonds is 6. The smallest absolute Gasteiger partial charge is 0.263 e. The highest BCUT2D eigenvalue weighted by Gasteiger charge is 2.18. The van der Waals surface area contributed by atoms with Gasteiger partial charge in [-0.1, -0.05) is 6.07 Å². The molecular formula is C19H18FN3O3S. The van der Waals surface area contributed by atoms with Gasteiger partial charge in [0.15, 0.2) is 0 Å². The maximum atomic E-state index is 13.2. The molecule has 8 heteroatoms. The predicted octanol–water partition coefficient (Wildman–Crippen LogP) is 4.08. The average Bonchev–Trinajstić information content (AvgIpc) is 2.63. The fourth-order valence-electron chi connectivity index (χ4n) is 2.50. The van der Waals surface area contributed by atoms with Gasteiger partial charge in [0, 0.05) is 5.69 Å². The summed E-state index contributed by atoms with van der Waals surface area (Å²) < 4.78 is 45.9. The first kappa shape index (κ1) is 18.7. The van der Waals surface area contributed by atoms with E-state index in [2.05, 4.69) is 15.0 Å². The lowest BCUT2D eigenvalue weighted by Crippen LogP contribution is -2.15. The zero-order valence-corrected chi connectivity index (χ0v) is 15.5. The van der Waals surface area contributed by atoms with E-state index in [1.807, 2.05) is 0 Å². The highest BCUT2D eigenvalue weighted by molar-refractivity contribution is 7.92. The Balaban J connectivity index is 1.75. The number of anilines is 3. The van der Waals surface area contributed by atoms with Gasteiger partial charge in [-0.05, 0) is 61.0 Å². The van der Waals surface area contributed by atoms with Crippen LogP contribution in [0.25, 0.3) is 0 Å². The number of nitrogens with one attached hydrogen (secondary N) is 2. The van der Waals surface area contributed by atoms with Gasteiger partial charge in [-0.2, -0.15) is 0 Å². The summed E-state index contributed by atoms with van der Waals surface area (Å²) in [5.74, 6) is 0.402. The fraction of sp³-hybridized carbons (Fsp3) is 0.105. The predicted molar refractivity (Wildman–Crippen MR) is 102 cm³/mol. The van der Waals surface area contributed by atoms with Crippen molar-refractivity contribution in [2.45, 2.75) is 11.8 Å². The van der Waals surface area contributed by atoms with Crippen LogP contribution in [-0.2, 0) is 10.0 Å². The minimum absolute atomic E-state index is 0.145. The van der Waals surface area contributed by atoms with Gasteiger partial charge in [-0.25, -0.2) is 17.8 Å². The van der Waals surface area contributed by atoms with Crippen LogP contribution in [0.15, 0.2) is 65.7 Å². The second kappa shape index (κ2) is 7.63. The van der Waals surface area contributed by atoms with E-state index >= 15 is 0 Å². The van der Waals surface area contributed by atoms with Crippen LogP contribution in [-0.4, -0.2) is 20.5 Å². The quantitative estimate of drug-likeness (QED) is 0.666. The molecule has 2 N–H and O–H groups in total. The van der Waals surface area contributed by atoms with Gasteiger partial charge in [0.05, 0.1) is 23.9 Å². The van der Waals surface area contributed by atoms with Crippen molar-refractivity contribution in [2.24, 2.45) is 0 Å². The van der Waals surface area contributed by atoms with E-state index in [4.69, 9.17) is 4.74 Å². The van der Waals surface area contributed by atoms with Crippen LogP contribution in [0.4, 0.5) is 21.6 Å². The maximum absolute atomic E-state index is 13.2. The lowest BCUT2D eigenvalue weighted by Gasteiger charge is -2.12. The molecule has 0 atom stereocenters.